The van der Waals surface area contributed by atoms with Gasteiger partial charge in [-0.1, -0.05) is 18.2 Å². The van der Waals surface area contributed by atoms with E-state index < -0.39 is 0 Å². The number of likely N-dealkylation sites (N-methyl/N-ethyl adjacent to an activating group) is 1. The summed E-state index contributed by atoms with van der Waals surface area (Å²) in [4.78, 5) is 24.7. The van der Waals surface area contributed by atoms with Crippen molar-refractivity contribution in [1.82, 2.24) is 14.9 Å². The van der Waals surface area contributed by atoms with Gasteiger partial charge in [-0.2, -0.15) is 0 Å². The Balaban J connectivity index is 1.47. The van der Waals surface area contributed by atoms with Gasteiger partial charge < -0.3 is 9.64 Å². The van der Waals surface area contributed by atoms with Crippen molar-refractivity contribution in [3.05, 3.63) is 64.8 Å². The molecule has 4 rings (SSSR count). The fraction of sp³-hybridized carbons (Fsp3) is 0.211. The van der Waals surface area contributed by atoms with E-state index in [-0.39, 0.29) is 5.91 Å². The van der Waals surface area contributed by atoms with E-state index in [2.05, 4.69) is 27.2 Å². The lowest BCUT2D eigenvalue weighted by Crippen LogP contribution is -2.25. The number of aromatic nitrogens is 2. The molecule has 2 aromatic heterocycles. The van der Waals surface area contributed by atoms with E-state index in [4.69, 9.17) is 4.74 Å². The number of anilines is 1. The highest BCUT2D eigenvalue weighted by atomic mass is 32.1. The lowest BCUT2D eigenvalue weighted by atomic mass is 10.2. The summed E-state index contributed by atoms with van der Waals surface area (Å²) < 4.78 is 5.69. The van der Waals surface area contributed by atoms with E-state index in [9.17, 15) is 4.79 Å². The van der Waals surface area contributed by atoms with Crippen molar-refractivity contribution in [2.24, 2.45) is 0 Å². The summed E-state index contributed by atoms with van der Waals surface area (Å²) in [6.07, 6.45) is 2.48. The molecule has 0 aliphatic carbocycles. The quantitative estimate of drug-likeness (QED) is 0.765. The van der Waals surface area contributed by atoms with Crippen LogP contribution in [0.15, 0.2) is 48.7 Å². The molecule has 1 aliphatic rings. The van der Waals surface area contributed by atoms with Crippen LogP contribution in [-0.4, -0.2) is 34.4 Å². The third kappa shape index (κ3) is 3.74. The number of rotatable bonds is 4. The number of benzene rings is 1. The monoisotopic (exact) mass is 366 g/mol. The number of carbonyl (C=O) groups excluding carboxylic acids is 1. The lowest BCUT2D eigenvalue weighted by molar-refractivity contribution is 0.102. The van der Waals surface area contributed by atoms with Crippen LogP contribution < -0.4 is 10.1 Å². The molecule has 0 atom stereocenters. The molecule has 0 spiro atoms. The number of para-hydroxylation sites is 1. The maximum atomic E-state index is 12.6. The molecule has 1 aromatic carbocycles. The summed E-state index contributed by atoms with van der Waals surface area (Å²) in [6.45, 7) is 1.88. The minimum absolute atomic E-state index is 0.218. The highest BCUT2D eigenvalue weighted by Gasteiger charge is 2.19. The number of hydrogen-bond donors (Lipinski definition) is 1. The van der Waals surface area contributed by atoms with Gasteiger partial charge in [0.15, 0.2) is 5.13 Å². The Hall–Kier alpha value is -2.77. The average Bonchev–Trinajstić information content (AvgIpc) is 3.04. The Bertz CT molecular complexity index is 926. The number of ether oxygens (including phenoxy) is 1. The van der Waals surface area contributed by atoms with Crippen LogP contribution in [0.2, 0.25) is 0 Å². The maximum Gasteiger partial charge on any atom is 0.257 e. The van der Waals surface area contributed by atoms with E-state index in [1.54, 1.807) is 18.3 Å². The molecule has 6 nitrogen and oxygen atoms in total. The Morgan fingerprint density at radius 1 is 1.27 bits per heavy atom. The molecule has 26 heavy (non-hydrogen) atoms. The Kier molecular flexibility index (Phi) is 4.64. The molecule has 1 amide bonds. The van der Waals surface area contributed by atoms with Crippen molar-refractivity contribution in [1.29, 1.82) is 0 Å². The summed E-state index contributed by atoms with van der Waals surface area (Å²) >= 11 is 1.54. The summed E-state index contributed by atoms with van der Waals surface area (Å²) in [5, 5.41) is 3.52. The minimum atomic E-state index is -0.218. The summed E-state index contributed by atoms with van der Waals surface area (Å²) in [5.41, 5.74) is 1.57. The predicted molar refractivity (Wildman–Crippen MR) is 101 cm³/mol. The normalized spacial score (nSPS) is 13.9. The predicted octanol–water partition coefficient (Wildman–Crippen LogP) is 3.57. The van der Waals surface area contributed by atoms with E-state index >= 15 is 0 Å². The van der Waals surface area contributed by atoms with Gasteiger partial charge in [-0.05, 0) is 25.2 Å². The fourth-order valence-electron chi connectivity index (χ4n) is 2.76. The van der Waals surface area contributed by atoms with Crippen LogP contribution in [0.3, 0.4) is 0 Å². The zero-order valence-corrected chi connectivity index (χ0v) is 15.1. The van der Waals surface area contributed by atoms with Crippen molar-refractivity contribution in [3.8, 4) is 11.6 Å². The maximum absolute atomic E-state index is 12.6. The number of nitrogens with one attached hydrogen (secondary N) is 1. The van der Waals surface area contributed by atoms with Crippen molar-refractivity contribution in [2.45, 2.75) is 13.0 Å². The molecule has 0 radical (unpaired) electrons. The Morgan fingerprint density at radius 3 is 2.96 bits per heavy atom. The van der Waals surface area contributed by atoms with Gasteiger partial charge in [-0.3, -0.25) is 10.1 Å². The van der Waals surface area contributed by atoms with Crippen molar-refractivity contribution in [2.75, 3.05) is 18.9 Å². The van der Waals surface area contributed by atoms with Gasteiger partial charge >= 0.3 is 0 Å². The molecular formula is C19H18N4O2S. The summed E-state index contributed by atoms with van der Waals surface area (Å²) in [7, 11) is 2.09. The first-order valence-corrected chi connectivity index (χ1v) is 9.16. The van der Waals surface area contributed by atoms with Crippen molar-refractivity contribution >= 4 is 22.4 Å². The molecule has 0 saturated heterocycles. The molecule has 1 N–H and O–H groups in total. The number of fused-ring (bicyclic) bond motifs is 1. The minimum Gasteiger partial charge on any atom is -0.439 e. The third-order valence-corrected chi connectivity index (χ3v) is 5.10. The van der Waals surface area contributed by atoms with Gasteiger partial charge in [0.1, 0.15) is 5.75 Å². The van der Waals surface area contributed by atoms with Crippen LogP contribution in [0, 0.1) is 0 Å². The molecular weight excluding hydrogens is 348 g/mol. The van der Waals surface area contributed by atoms with Gasteiger partial charge in [0.25, 0.3) is 5.91 Å². The smallest absolute Gasteiger partial charge is 0.257 e. The first kappa shape index (κ1) is 16.7. The van der Waals surface area contributed by atoms with Gasteiger partial charge in [0.05, 0.1) is 5.69 Å². The first-order chi connectivity index (χ1) is 12.7. The standard InChI is InChI=1S/C19H18N4O2S/c1-23-10-8-15-16(12-23)26-19(21-15)22-18(24)13-7-9-20-17(11-13)25-14-5-3-2-4-6-14/h2-7,9,11H,8,10,12H2,1H3,(H,21,22,24). The molecule has 0 bridgehead atoms. The van der Waals surface area contributed by atoms with Crippen LogP contribution in [0.5, 0.6) is 11.6 Å². The molecule has 0 fully saturated rings. The van der Waals surface area contributed by atoms with E-state index in [0.717, 1.165) is 25.2 Å². The number of pyridine rings is 1. The second-order valence-electron chi connectivity index (χ2n) is 6.13. The van der Waals surface area contributed by atoms with Crippen LogP contribution in [0.1, 0.15) is 20.9 Å². The van der Waals surface area contributed by atoms with Crippen LogP contribution in [0.25, 0.3) is 0 Å². The topological polar surface area (TPSA) is 67.4 Å². The fourth-order valence-corrected chi connectivity index (χ4v) is 3.85. The molecule has 1 aliphatic heterocycles. The zero-order valence-electron chi connectivity index (χ0n) is 14.3. The molecule has 0 saturated carbocycles. The molecule has 7 heteroatoms. The van der Waals surface area contributed by atoms with Crippen molar-refractivity contribution in [3.63, 3.8) is 0 Å². The van der Waals surface area contributed by atoms with E-state index in [0.29, 0.717) is 22.3 Å². The largest absolute Gasteiger partial charge is 0.439 e. The molecule has 0 unspecified atom stereocenters. The molecule has 3 aromatic rings. The van der Waals surface area contributed by atoms with Crippen LogP contribution in [-0.2, 0) is 13.0 Å². The Labute approximate surface area is 155 Å². The summed E-state index contributed by atoms with van der Waals surface area (Å²) in [5.74, 6) is 0.836. The van der Waals surface area contributed by atoms with Crippen LogP contribution >= 0.6 is 11.3 Å². The molecule has 132 valence electrons. The SMILES string of the molecule is CN1CCc2nc(NC(=O)c3ccnc(Oc4ccccc4)c3)sc2C1. The van der Waals surface area contributed by atoms with Crippen molar-refractivity contribution < 1.29 is 9.53 Å². The second kappa shape index (κ2) is 7.23. The second-order valence-corrected chi connectivity index (χ2v) is 7.21. The molecule has 3 heterocycles. The van der Waals surface area contributed by atoms with Crippen LogP contribution in [0.4, 0.5) is 5.13 Å². The highest BCUT2D eigenvalue weighted by Crippen LogP contribution is 2.28. The van der Waals surface area contributed by atoms with Gasteiger partial charge in [-0.15, -0.1) is 11.3 Å². The average molecular weight is 366 g/mol. The Morgan fingerprint density at radius 2 is 2.12 bits per heavy atom. The number of thiazole rings is 1. The number of carbonyl (C=O) groups is 1. The van der Waals surface area contributed by atoms with Gasteiger partial charge in [0.2, 0.25) is 5.88 Å². The number of nitrogens with zero attached hydrogens (tertiary/aromatic N) is 3. The van der Waals surface area contributed by atoms with E-state index in [1.807, 2.05) is 30.3 Å². The third-order valence-electron chi connectivity index (χ3n) is 4.11. The summed E-state index contributed by atoms with van der Waals surface area (Å²) in [6, 6.07) is 12.6. The van der Waals surface area contributed by atoms with Gasteiger partial charge in [-0.25, -0.2) is 9.97 Å². The number of hydrogen-bond acceptors (Lipinski definition) is 6. The van der Waals surface area contributed by atoms with Gasteiger partial charge in [0, 0.05) is 42.2 Å². The first-order valence-electron chi connectivity index (χ1n) is 8.35. The zero-order chi connectivity index (χ0) is 17.9. The highest BCUT2D eigenvalue weighted by molar-refractivity contribution is 7.15. The lowest BCUT2D eigenvalue weighted by Gasteiger charge is -2.20. The van der Waals surface area contributed by atoms with E-state index in [1.165, 1.54) is 16.2 Å². The number of amides is 1.